The number of hydrogen-bond acceptors (Lipinski definition) is 1. The number of aromatic nitrogens is 1. The van der Waals surface area contributed by atoms with Crippen molar-refractivity contribution in [3.8, 4) is 0 Å². The Bertz CT molecular complexity index is 237. The molecule has 0 aliphatic rings. The van der Waals surface area contributed by atoms with Crippen LogP contribution in [0.25, 0.3) is 0 Å². The minimum atomic E-state index is -0.401. The number of nitrogens with zero attached hydrogens (tertiary/aromatic N) is 1. The van der Waals surface area contributed by atoms with E-state index in [1.807, 2.05) is 29.5 Å². The summed E-state index contributed by atoms with van der Waals surface area (Å²) < 4.78 is 13.1. The molecule has 1 aromatic heterocycles. The monoisotopic (exact) mass is 251 g/mol. The van der Waals surface area contributed by atoms with Gasteiger partial charge in [0.15, 0.2) is 0 Å². The summed E-state index contributed by atoms with van der Waals surface area (Å²) in [4.78, 5) is 3.66. The van der Waals surface area contributed by atoms with Gasteiger partial charge in [-0.3, -0.25) is 0 Å². The van der Waals surface area contributed by atoms with Crippen LogP contribution in [0.2, 0.25) is 0 Å². The van der Waals surface area contributed by atoms with Gasteiger partial charge in [0.2, 0.25) is 5.95 Å². The van der Waals surface area contributed by atoms with Crippen molar-refractivity contribution in [2.75, 3.05) is 0 Å². The first-order valence-electron chi connectivity index (χ1n) is 3.05. The van der Waals surface area contributed by atoms with Crippen molar-refractivity contribution < 1.29 is 4.39 Å². The zero-order valence-corrected chi connectivity index (χ0v) is 7.72. The second-order valence-electron chi connectivity index (χ2n) is 1.94. The van der Waals surface area contributed by atoms with Crippen molar-refractivity contribution in [3.63, 3.8) is 0 Å². The Labute approximate surface area is 72.8 Å². The van der Waals surface area contributed by atoms with E-state index >= 15 is 0 Å². The van der Waals surface area contributed by atoms with Crippen LogP contribution >= 0.6 is 22.6 Å². The van der Waals surface area contributed by atoms with Gasteiger partial charge in [0.1, 0.15) is 3.70 Å². The van der Waals surface area contributed by atoms with Crippen LogP contribution < -0.4 is 0 Å². The van der Waals surface area contributed by atoms with E-state index < -0.39 is 5.95 Å². The first kappa shape index (κ1) is 7.91. The topological polar surface area (TPSA) is 12.9 Å². The largest absolute Gasteiger partial charge is 0.213 e. The predicted octanol–water partition coefficient (Wildman–Crippen LogP) is 2.39. The van der Waals surface area contributed by atoms with Crippen LogP contribution in [-0.2, 0) is 6.42 Å². The minimum absolute atomic E-state index is 0.401. The van der Waals surface area contributed by atoms with E-state index in [4.69, 9.17) is 0 Å². The van der Waals surface area contributed by atoms with E-state index in [2.05, 4.69) is 4.98 Å². The van der Waals surface area contributed by atoms with Crippen molar-refractivity contribution in [1.29, 1.82) is 0 Å². The Morgan fingerprint density at radius 3 is 2.80 bits per heavy atom. The predicted molar refractivity (Wildman–Crippen MR) is 46.3 cm³/mol. The third-order valence-corrected chi connectivity index (χ3v) is 2.21. The van der Waals surface area contributed by atoms with Crippen LogP contribution in [0.15, 0.2) is 12.1 Å². The molecule has 0 fully saturated rings. The Hall–Kier alpha value is -0.190. The normalized spacial score (nSPS) is 9.90. The SMILES string of the molecule is CCc1ccc(F)nc1I. The molecule has 0 bridgehead atoms. The van der Waals surface area contributed by atoms with Gasteiger partial charge in [-0.15, -0.1) is 0 Å². The molecule has 0 radical (unpaired) electrons. The summed E-state index contributed by atoms with van der Waals surface area (Å²) in [6.45, 7) is 2.02. The smallest absolute Gasteiger partial charge is 0.213 e. The van der Waals surface area contributed by atoms with Gasteiger partial charge < -0.3 is 0 Å². The van der Waals surface area contributed by atoms with Crippen LogP contribution in [0.3, 0.4) is 0 Å². The molecule has 1 rings (SSSR count). The lowest BCUT2D eigenvalue weighted by molar-refractivity contribution is 0.579. The molecule has 0 aliphatic carbocycles. The highest BCUT2D eigenvalue weighted by molar-refractivity contribution is 14.1. The zero-order valence-electron chi connectivity index (χ0n) is 5.56. The molecule has 0 atom stereocenters. The molecule has 0 saturated carbocycles. The number of rotatable bonds is 1. The van der Waals surface area contributed by atoms with E-state index in [0.717, 1.165) is 15.7 Å². The Morgan fingerprint density at radius 1 is 1.60 bits per heavy atom. The Morgan fingerprint density at radius 2 is 2.30 bits per heavy atom. The molecule has 0 unspecified atom stereocenters. The maximum atomic E-state index is 12.4. The summed E-state index contributed by atoms with van der Waals surface area (Å²) in [5.74, 6) is -0.401. The quantitative estimate of drug-likeness (QED) is 0.551. The minimum Gasteiger partial charge on any atom is -0.213 e. The van der Waals surface area contributed by atoms with Gasteiger partial charge >= 0.3 is 0 Å². The Balaban J connectivity index is 3.07. The van der Waals surface area contributed by atoms with E-state index in [1.54, 1.807) is 6.07 Å². The van der Waals surface area contributed by atoms with Crippen molar-refractivity contribution in [2.24, 2.45) is 0 Å². The molecule has 1 nitrogen and oxygen atoms in total. The highest BCUT2D eigenvalue weighted by atomic mass is 127. The molecule has 54 valence electrons. The van der Waals surface area contributed by atoms with E-state index in [1.165, 1.54) is 6.07 Å². The van der Waals surface area contributed by atoms with Crippen LogP contribution in [0.5, 0.6) is 0 Å². The fourth-order valence-corrected chi connectivity index (χ4v) is 1.50. The lowest BCUT2D eigenvalue weighted by Gasteiger charge is -1.97. The van der Waals surface area contributed by atoms with Gasteiger partial charge in [-0.1, -0.05) is 13.0 Å². The van der Waals surface area contributed by atoms with Crippen molar-refractivity contribution in [1.82, 2.24) is 4.98 Å². The number of halogens is 2. The van der Waals surface area contributed by atoms with Crippen LogP contribution in [0.1, 0.15) is 12.5 Å². The van der Waals surface area contributed by atoms with Crippen molar-refractivity contribution in [3.05, 3.63) is 27.3 Å². The van der Waals surface area contributed by atoms with Crippen molar-refractivity contribution in [2.45, 2.75) is 13.3 Å². The van der Waals surface area contributed by atoms with Gasteiger partial charge in [0, 0.05) is 0 Å². The molecular formula is C7H7FIN. The third kappa shape index (κ3) is 1.65. The van der Waals surface area contributed by atoms with Crippen LogP contribution in [0.4, 0.5) is 4.39 Å². The standard InChI is InChI=1S/C7H7FIN/c1-2-5-3-4-6(8)10-7(5)9/h3-4H,2H2,1H3. The van der Waals surface area contributed by atoms with Gasteiger partial charge in [0.25, 0.3) is 0 Å². The first-order valence-corrected chi connectivity index (χ1v) is 4.13. The highest BCUT2D eigenvalue weighted by Crippen LogP contribution is 2.09. The molecule has 1 heterocycles. The molecule has 0 amide bonds. The maximum Gasteiger partial charge on any atom is 0.213 e. The summed E-state index contributed by atoms with van der Waals surface area (Å²) in [6.07, 6.45) is 0.908. The number of pyridine rings is 1. The Kier molecular flexibility index (Phi) is 2.59. The fraction of sp³-hybridized carbons (Fsp3) is 0.286. The second kappa shape index (κ2) is 3.27. The molecule has 0 saturated heterocycles. The molecule has 0 N–H and O–H groups in total. The fourth-order valence-electron chi connectivity index (χ4n) is 0.705. The maximum absolute atomic E-state index is 12.4. The lowest BCUT2D eigenvalue weighted by Crippen LogP contribution is -1.92. The van der Waals surface area contributed by atoms with Gasteiger partial charge in [-0.25, -0.2) is 4.98 Å². The van der Waals surface area contributed by atoms with E-state index in [9.17, 15) is 4.39 Å². The first-order chi connectivity index (χ1) is 4.74. The summed E-state index contributed by atoms with van der Waals surface area (Å²) in [5, 5.41) is 0. The summed E-state index contributed by atoms with van der Waals surface area (Å²) in [6, 6.07) is 3.16. The van der Waals surface area contributed by atoms with Gasteiger partial charge in [-0.2, -0.15) is 4.39 Å². The molecule has 3 heteroatoms. The zero-order chi connectivity index (χ0) is 7.56. The average molecular weight is 251 g/mol. The van der Waals surface area contributed by atoms with Crippen LogP contribution in [-0.4, -0.2) is 4.98 Å². The molecule has 1 aromatic rings. The van der Waals surface area contributed by atoms with E-state index in [0.29, 0.717) is 0 Å². The third-order valence-electron chi connectivity index (χ3n) is 1.27. The van der Waals surface area contributed by atoms with Crippen LogP contribution in [0, 0.1) is 9.65 Å². The molecule has 0 aliphatic heterocycles. The molecule has 0 spiro atoms. The molecule has 0 aromatic carbocycles. The lowest BCUT2D eigenvalue weighted by atomic mass is 10.2. The average Bonchev–Trinajstić information content (AvgIpc) is 1.88. The highest BCUT2D eigenvalue weighted by Gasteiger charge is 1.98. The summed E-state index contributed by atoms with van der Waals surface area (Å²) in [5.41, 5.74) is 1.10. The van der Waals surface area contributed by atoms with Gasteiger partial charge in [0.05, 0.1) is 0 Å². The van der Waals surface area contributed by atoms with Gasteiger partial charge in [-0.05, 0) is 40.6 Å². The summed E-state index contributed by atoms with van der Waals surface area (Å²) in [7, 11) is 0. The molecular weight excluding hydrogens is 244 g/mol. The summed E-state index contributed by atoms with van der Waals surface area (Å²) >= 11 is 2.03. The number of aryl methyl sites for hydroxylation is 1. The molecule has 10 heavy (non-hydrogen) atoms. The number of hydrogen-bond donors (Lipinski definition) is 0. The second-order valence-corrected chi connectivity index (χ2v) is 2.96. The van der Waals surface area contributed by atoms with Crippen molar-refractivity contribution >= 4 is 22.6 Å². The van der Waals surface area contributed by atoms with E-state index in [-0.39, 0.29) is 0 Å².